The van der Waals surface area contributed by atoms with Gasteiger partial charge in [0.15, 0.2) is 0 Å². The Hall–Kier alpha value is -1.29. The van der Waals surface area contributed by atoms with Crippen molar-refractivity contribution >= 4 is 11.6 Å². The van der Waals surface area contributed by atoms with Crippen LogP contribution in [0.3, 0.4) is 0 Å². The highest BCUT2D eigenvalue weighted by Gasteiger charge is 2.20. The Kier molecular flexibility index (Phi) is 4.41. The summed E-state index contributed by atoms with van der Waals surface area (Å²) in [5.41, 5.74) is 2.25. The van der Waals surface area contributed by atoms with Crippen LogP contribution in [0.4, 0.5) is 0 Å². The molecule has 4 heteroatoms. The molecule has 2 aromatic rings. The molecule has 3 nitrogen and oxygen atoms in total. The van der Waals surface area contributed by atoms with Gasteiger partial charge in [-0.1, -0.05) is 23.7 Å². The fraction of sp³-hybridized carbons (Fsp3) is 0.375. The molecule has 0 unspecified atom stereocenters. The van der Waals surface area contributed by atoms with E-state index >= 15 is 0 Å². The van der Waals surface area contributed by atoms with Gasteiger partial charge < -0.3 is 14.5 Å². The lowest BCUT2D eigenvalue weighted by atomic mass is 10.2. The Morgan fingerprint density at radius 2 is 2.15 bits per heavy atom. The molecule has 0 amide bonds. The summed E-state index contributed by atoms with van der Waals surface area (Å²) in [5.74, 6) is 0.903. The molecular formula is C16H18ClNO2. The zero-order valence-electron chi connectivity index (χ0n) is 11.3. The summed E-state index contributed by atoms with van der Waals surface area (Å²) in [6, 6.07) is 10.4. The molecule has 0 bridgehead atoms. The average molecular weight is 292 g/mol. The lowest BCUT2D eigenvalue weighted by Gasteiger charge is -2.06. The summed E-state index contributed by atoms with van der Waals surface area (Å²) in [5, 5.41) is 4.22. The zero-order chi connectivity index (χ0) is 13.8. The molecular weight excluding hydrogens is 274 g/mol. The second kappa shape index (κ2) is 6.44. The van der Waals surface area contributed by atoms with Gasteiger partial charge >= 0.3 is 0 Å². The number of nitrogens with one attached hydrogen (secondary N) is 1. The fourth-order valence-corrected chi connectivity index (χ4v) is 2.29. The lowest BCUT2D eigenvalue weighted by Crippen LogP contribution is -2.15. The second-order valence-corrected chi connectivity index (χ2v) is 5.58. The van der Waals surface area contributed by atoms with Crippen molar-refractivity contribution in [2.24, 2.45) is 0 Å². The van der Waals surface area contributed by atoms with Crippen LogP contribution in [0.25, 0.3) is 0 Å². The third-order valence-electron chi connectivity index (χ3n) is 3.39. The summed E-state index contributed by atoms with van der Waals surface area (Å²) >= 11 is 5.94. The predicted octanol–water partition coefficient (Wildman–Crippen LogP) is 3.90. The van der Waals surface area contributed by atoms with Gasteiger partial charge in [-0.15, -0.1) is 0 Å². The molecule has 20 heavy (non-hydrogen) atoms. The number of hydrogen-bond donors (Lipinski definition) is 1. The van der Waals surface area contributed by atoms with Crippen LogP contribution in [0.5, 0.6) is 0 Å². The van der Waals surface area contributed by atoms with Gasteiger partial charge in [-0.3, -0.25) is 0 Å². The molecule has 1 fully saturated rings. The highest BCUT2D eigenvalue weighted by Crippen LogP contribution is 2.21. The van der Waals surface area contributed by atoms with Gasteiger partial charge in [0, 0.05) is 23.2 Å². The van der Waals surface area contributed by atoms with Crippen LogP contribution in [0.2, 0.25) is 5.02 Å². The second-order valence-electron chi connectivity index (χ2n) is 5.15. The van der Waals surface area contributed by atoms with Gasteiger partial charge in [0.25, 0.3) is 0 Å². The summed E-state index contributed by atoms with van der Waals surface area (Å²) in [4.78, 5) is 0. The Labute approximate surface area is 123 Å². The maximum Gasteiger partial charge on any atom is 0.133 e. The van der Waals surface area contributed by atoms with Gasteiger partial charge in [-0.05, 0) is 36.6 Å². The molecule has 0 spiro atoms. The first-order chi connectivity index (χ1) is 9.81. The van der Waals surface area contributed by atoms with Crippen molar-refractivity contribution in [2.75, 3.05) is 0 Å². The molecule has 1 aliphatic rings. The topological polar surface area (TPSA) is 34.4 Å². The molecule has 1 saturated carbocycles. The Morgan fingerprint density at radius 1 is 1.25 bits per heavy atom. The summed E-state index contributed by atoms with van der Waals surface area (Å²) in [6.45, 7) is 1.88. The third-order valence-corrected chi connectivity index (χ3v) is 3.62. The number of benzene rings is 1. The summed E-state index contributed by atoms with van der Waals surface area (Å²) < 4.78 is 11.2. The standard InChI is InChI=1S/C16H18ClNO2/c17-14-3-1-2-12(8-14)10-19-11-16-13(6-7-20-16)9-18-15-4-5-15/h1-3,6-8,15,18H,4-5,9-11H2. The van der Waals surface area contributed by atoms with E-state index in [9.17, 15) is 0 Å². The molecule has 1 aliphatic carbocycles. The quantitative estimate of drug-likeness (QED) is 0.840. The highest BCUT2D eigenvalue weighted by atomic mass is 35.5. The largest absolute Gasteiger partial charge is 0.467 e. The molecule has 1 N–H and O–H groups in total. The zero-order valence-corrected chi connectivity index (χ0v) is 12.0. The van der Waals surface area contributed by atoms with E-state index in [-0.39, 0.29) is 0 Å². The van der Waals surface area contributed by atoms with Crippen LogP contribution in [0.15, 0.2) is 41.0 Å². The van der Waals surface area contributed by atoms with E-state index in [1.807, 2.05) is 30.3 Å². The maximum absolute atomic E-state index is 5.94. The van der Waals surface area contributed by atoms with Crippen LogP contribution in [0.1, 0.15) is 29.7 Å². The van der Waals surface area contributed by atoms with Gasteiger partial charge in [0.1, 0.15) is 12.4 Å². The van der Waals surface area contributed by atoms with Gasteiger partial charge in [-0.2, -0.15) is 0 Å². The van der Waals surface area contributed by atoms with Gasteiger partial charge in [0.2, 0.25) is 0 Å². The maximum atomic E-state index is 5.94. The highest BCUT2D eigenvalue weighted by molar-refractivity contribution is 6.30. The summed E-state index contributed by atoms with van der Waals surface area (Å²) in [6.07, 6.45) is 4.30. The molecule has 0 aliphatic heterocycles. The molecule has 0 radical (unpaired) electrons. The molecule has 1 aromatic heterocycles. The van der Waals surface area contributed by atoms with Crippen LogP contribution in [-0.2, 0) is 24.5 Å². The molecule has 1 heterocycles. The summed E-state index contributed by atoms with van der Waals surface area (Å²) in [7, 11) is 0. The minimum Gasteiger partial charge on any atom is -0.467 e. The van der Waals surface area contributed by atoms with Crippen molar-refractivity contribution < 1.29 is 9.15 Å². The van der Waals surface area contributed by atoms with Gasteiger partial charge in [0.05, 0.1) is 12.9 Å². The first kappa shape index (κ1) is 13.7. The predicted molar refractivity (Wildman–Crippen MR) is 78.5 cm³/mol. The molecule has 1 aromatic carbocycles. The first-order valence-electron chi connectivity index (χ1n) is 6.92. The van der Waals surface area contributed by atoms with Gasteiger partial charge in [-0.25, -0.2) is 0 Å². The Balaban J connectivity index is 1.49. The van der Waals surface area contributed by atoms with Crippen molar-refractivity contribution in [2.45, 2.75) is 38.6 Å². The Morgan fingerprint density at radius 3 is 2.95 bits per heavy atom. The molecule has 3 rings (SSSR count). The van der Waals surface area contributed by atoms with E-state index < -0.39 is 0 Å². The smallest absolute Gasteiger partial charge is 0.133 e. The average Bonchev–Trinajstić information content (AvgIpc) is 3.16. The van der Waals surface area contributed by atoms with Crippen LogP contribution in [-0.4, -0.2) is 6.04 Å². The number of hydrogen-bond acceptors (Lipinski definition) is 3. The van der Waals surface area contributed by atoms with Crippen molar-refractivity contribution in [1.82, 2.24) is 5.32 Å². The third kappa shape index (κ3) is 3.85. The number of rotatable bonds is 7. The van der Waals surface area contributed by atoms with Crippen molar-refractivity contribution in [3.8, 4) is 0 Å². The van der Waals surface area contributed by atoms with Crippen LogP contribution in [0, 0.1) is 0 Å². The van der Waals surface area contributed by atoms with Crippen molar-refractivity contribution in [1.29, 1.82) is 0 Å². The Bertz CT molecular complexity index is 563. The normalized spacial score (nSPS) is 14.7. The number of halogens is 1. The molecule has 106 valence electrons. The molecule has 0 atom stereocenters. The minimum atomic E-state index is 0.487. The number of furan rings is 1. The van der Waals surface area contributed by atoms with Crippen LogP contribution >= 0.6 is 11.6 Å². The van der Waals surface area contributed by atoms with E-state index in [2.05, 4.69) is 5.32 Å². The van der Waals surface area contributed by atoms with E-state index in [0.29, 0.717) is 19.3 Å². The van der Waals surface area contributed by atoms with Crippen LogP contribution < -0.4 is 5.32 Å². The monoisotopic (exact) mass is 291 g/mol. The van der Waals surface area contributed by atoms with Crippen molar-refractivity contribution in [3.63, 3.8) is 0 Å². The van der Waals surface area contributed by atoms with E-state index in [1.165, 1.54) is 18.4 Å². The van der Waals surface area contributed by atoms with E-state index in [1.54, 1.807) is 6.26 Å². The van der Waals surface area contributed by atoms with E-state index in [4.69, 9.17) is 20.8 Å². The SMILES string of the molecule is Clc1cccc(COCc2occc2CNC2CC2)c1. The fourth-order valence-electron chi connectivity index (χ4n) is 2.08. The first-order valence-corrected chi connectivity index (χ1v) is 7.30. The van der Waals surface area contributed by atoms with E-state index in [0.717, 1.165) is 22.9 Å². The molecule has 0 saturated heterocycles. The van der Waals surface area contributed by atoms with Crippen molar-refractivity contribution in [3.05, 3.63) is 58.5 Å². The number of ether oxygens (including phenoxy) is 1. The lowest BCUT2D eigenvalue weighted by molar-refractivity contribution is 0.0921. The minimum absolute atomic E-state index is 0.487.